The number of likely N-dealkylation sites (tertiary alicyclic amines) is 1. The molecular formula is C17H23N3O3. The maximum absolute atomic E-state index is 12.6. The summed E-state index contributed by atoms with van der Waals surface area (Å²) in [6.07, 6.45) is 5.63. The summed E-state index contributed by atoms with van der Waals surface area (Å²) in [5.74, 6) is 0.363. The van der Waals surface area contributed by atoms with Gasteiger partial charge in [0.15, 0.2) is 0 Å². The molecule has 3 amide bonds. The Labute approximate surface area is 136 Å². The van der Waals surface area contributed by atoms with Gasteiger partial charge in [0.2, 0.25) is 5.91 Å². The van der Waals surface area contributed by atoms with Crippen molar-refractivity contribution in [2.45, 2.75) is 44.6 Å². The van der Waals surface area contributed by atoms with E-state index in [-0.39, 0.29) is 17.5 Å². The molecule has 0 atom stereocenters. The second kappa shape index (κ2) is 6.10. The first-order chi connectivity index (χ1) is 11.0. The third kappa shape index (κ3) is 3.25. The molecule has 1 heterocycles. The number of carbonyl (C=O) groups excluding carboxylic acids is 2. The van der Waals surface area contributed by atoms with E-state index in [4.69, 9.17) is 4.74 Å². The number of carbonyl (C=O) groups is 2. The number of ether oxygens (including phenoxy) is 1. The number of hydrogen-bond acceptors (Lipinski definition) is 3. The van der Waals surface area contributed by atoms with Crippen LogP contribution < -0.4 is 15.4 Å². The van der Waals surface area contributed by atoms with Gasteiger partial charge in [-0.1, -0.05) is 0 Å². The monoisotopic (exact) mass is 317 g/mol. The zero-order valence-corrected chi connectivity index (χ0v) is 13.6. The average Bonchev–Trinajstić information content (AvgIpc) is 3.28. The molecule has 1 aliphatic carbocycles. The Morgan fingerprint density at radius 2 is 1.96 bits per heavy atom. The Morgan fingerprint density at radius 3 is 2.61 bits per heavy atom. The second-order valence-corrected chi connectivity index (χ2v) is 6.36. The fourth-order valence-corrected chi connectivity index (χ4v) is 3.33. The molecule has 2 N–H and O–H groups in total. The molecule has 1 aromatic carbocycles. The Bertz CT molecular complexity index is 626. The molecular weight excluding hydrogens is 294 g/mol. The van der Waals surface area contributed by atoms with E-state index < -0.39 is 0 Å². The van der Waals surface area contributed by atoms with Gasteiger partial charge >= 0.3 is 6.03 Å². The normalized spacial score (nSPS) is 18.4. The van der Waals surface area contributed by atoms with Crippen molar-refractivity contribution in [3.63, 3.8) is 0 Å². The molecule has 0 aromatic heterocycles. The minimum absolute atomic E-state index is 0.0449. The number of methoxy groups -OCH3 is 1. The van der Waals surface area contributed by atoms with Crippen LogP contribution in [-0.2, 0) is 4.79 Å². The van der Waals surface area contributed by atoms with Crippen LogP contribution in [0.25, 0.3) is 0 Å². The maximum Gasteiger partial charge on any atom is 0.322 e. The van der Waals surface area contributed by atoms with E-state index in [0.29, 0.717) is 17.1 Å². The number of nitrogens with one attached hydrogen (secondary N) is 2. The quantitative estimate of drug-likeness (QED) is 0.899. The summed E-state index contributed by atoms with van der Waals surface area (Å²) in [6.45, 7) is 2.27. The molecule has 1 saturated carbocycles. The molecule has 0 bridgehead atoms. The minimum Gasteiger partial charge on any atom is -0.494 e. The first-order valence-electron chi connectivity index (χ1n) is 8.08. The SMILES string of the molecule is COc1cc(NC(=O)N2CCCCC23CC3)ccc1NC(C)=O. The number of urea groups is 1. The minimum atomic E-state index is -0.163. The molecule has 3 rings (SSSR count). The topological polar surface area (TPSA) is 70.7 Å². The molecule has 124 valence electrons. The third-order valence-electron chi connectivity index (χ3n) is 4.68. The van der Waals surface area contributed by atoms with Crippen LogP contribution in [0.3, 0.4) is 0 Å². The predicted octanol–water partition coefficient (Wildman–Crippen LogP) is 3.20. The van der Waals surface area contributed by atoms with E-state index >= 15 is 0 Å². The van der Waals surface area contributed by atoms with E-state index in [9.17, 15) is 9.59 Å². The summed E-state index contributed by atoms with van der Waals surface area (Å²) in [6, 6.07) is 5.19. The Morgan fingerprint density at radius 1 is 1.17 bits per heavy atom. The van der Waals surface area contributed by atoms with Crippen molar-refractivity contribution in [3.8, 4) is 5.75 Å². The summed E-state index contributed by atoms with van der Waals surface area (Å²) in [5.41, 5.74) is 1.37. The molecule has 0 unspecified atom stereocenters. The summed E-state index contributed by atoms with van der Waals surface area (Å²) in [5, 5.41) is 5.66. The highest BCUT2D eigenvalue weighted by molar-refractivity contribution is 5.93. The van der Waals surface area contributed by atoms with Crippen molar-refractivity contribution in [2.75, 3.05) is 24.3 Å². The largest absolute Gasteiger partial charge is 0.494 e. The number of rotatable bonds is 3. The number of hydrogen-bond donors (Lipinski definition) is 2. The van der Waals surface area contributed by atoms with E-state index in [1.54, 1.807) is 18.2 Å². The zero-order chi connectivity index (χ0) is 16.4. The summed E-state index contributed by atoms with van der Waals surface area (Å²) in [7, 11) is 1.54. The highest BCUT2D eigenvalue weighted by Crippen LogP contribution is 2.48. The van der Waals surface area contributed by atoms with Gasteiger partial charge in [-0.15, -0.1) is 0 Å². The second-order valence-electron chi connectivity index (χ2n) is 6.36. The van der Waals surface area contributed by atoms with Gasteiger partial charge in [-0.25, -0.2) is 4.79 Å². The Balaban J connectivity index is 1.72. The van der Waals surface area contributed by atoms with Crippen LogP contribution in [-0.4, -0.2) is 36.0 Å². The molecule has 2 aliphatic rings. The van der Waals surface area contributed by atoms with Crippen LogP contribution in [0.2, 0.25) is 0 Å². The molecule has 1 aromatic rings. The van der Waals surface area contributed by atoms with Crippen molar-refractivity contribution < 1.29 is 14.3 Å². The molecule has 6 nitrogen and oxygen atoms in total. The molecule has 6 heteroatoms. The maximum atomic E-state index is 12.6. The van der Waals surface area contributed by atoms with Crippen LogP contribution in [0.5, 0.6) is 5.75 Å². The van der Waals surface area contributed by atoms with Crippen LogP contribution in [0.15, 0.2) is 18.2 Å². The number of benzene rings is 1. The lowest BCUT2D eigenvalue weighted by molar-refractivity contribution is -0.114. The third-order valence-corrected chi connectivity index (χ3v) is 4.68. The standard InChI is InChI=1S/C17H23N3O3/c1-12(21)18-14-6-5-13(11-15(14)23-2)19-16(22)20-10-4-3-7-17(20)8-9-17/h5-6,11H,3-4,7-10H2,1-2H3,(H,18,21)(H,19,22). The van der Waals surface area contributed by atoms with Crippen LogP contribution in [0.1, 0.15) is 39.0 Å². The number of piperidine rings is 1. The molecule has 2 fully saturated rings. The molecule has 1 aliphatic heterocycles. The van der Waals surface area contributed by atoms with E-state index in [1.807, 2.05) is 4.90 Å². The van der Waals surface area contributed by atoms with Crippen LogP contribution in [0.4, 0.5) is 16.2 Å². The van der Waals surface area contributed by atoms with Crippen molar-refractivity contribution in [2.24, 2.45) is 0 Å². The highest BCUT2D eigenvalue weighted by Gasteiger charge is 2.50. The van der Waals surface area contributed by atoms with Gasteiger partial charge in [0, 0.05) is 30.8 Å². The van der Waals surface area contributed by atoms with E-state index in [2.05, 4.69) is 10.6 Å². The number of anilines is 2. The molecule has 1 spiro atoms. The van der Waals surface area contributed by atoms with Crippen molar-refractivity contribution in [1.82, 2.24) is 4.90 Å². The van der Waals surface area contributed by atoms with E-state index in [1.165, 1.54) is 20.5 Å². The van der Waals surface area contributed by atoms with Crippen LogP contribution in [0, 0.1) is 0 Å². The van der Waals surface area contributed by atoms with Gasteiger partial charge in [0.05, 0.1) is 12.8 Å². The lowest BCUT2D eigenvalue weighted by Crippen LogP contribution is -2.47. The highest BCUT2D eigenvalue weighted by atomic mass is 16.5. The fourth-order valence-electron chi connectivity index (χ4n) is 3.33. The lowest BCUT2D eigenvalue weighted by atomic mass is 10.0. The molecule has 0 radical (unpaired) electrons. The number of nitrogens with zero attached hydrogens (tertiary/aromatic N) is 1. The Kier molecular flexibility index (Phi) is 4.15. The van der Waals surface area contributed by atoms with Crippen molar-refractivity contribution >= 4 is 23.3 Å². The molecule has 23 heavy (non-hydrogen) atoms. The lowest BCUT2D eigenvalue weighted by Gasteiger charge is -2.36. The first kappa shape index (κ1) is 15.6. The van der Waals surface area contributed by atoms with Gasteiger partial charge in [-0.05, 0) is 44.2 Å². The van der Waals surface area contributed by atoms with Crippen molar-refractivity contribution in [3.05, 3.63) is 18.2 Å². The Hall–Kier alpha value is -2.24. The van der Waals surface area contributed by atoms with Gasteiger partial charge in [-0.2, -0.15) is 0 Å². The smallest absolute Gasteiger partial charge is 0.322 e. The van der Waals surface area contributed by atoms with Gasteiger partial charge in [-0.3, -0.25) is 4.79 Å². The van der Waals surface area contributed by atoms with Gasteiger partial charge in [0.1, 0.15) is 5.75 Å². The van der Waals surface area contributed by atoms with Crippen molar-refractivity contribution in [1.29, 1.82) is 0 Å². The van der Waals surface area contributed by atoms with Gasteiger partial charge < -0.3 is 20.3 Å². The first-order valence-corrected chi connectivity index (χ1v) is 8.08. The summed E-state index contributed by atoms with van der Waals surface area (Å²) >= 11 is 0. The summed E-state index contributed by atoms with van der Waals surface area (Å²) in [4.78, 5) is 25.8. The molecule has 1 saturated heterocycles. The fraction of sp³-hybridized carbons (Fsp3) is 0.529. The van der Waals surface area contributed by atoms with E-state index in [0.717, 1.165) is 32.2 Å². The van der Waals surface area contributed by atoms with Crippen LogP contribution >= 0.6 is 0 Å². The predicted molar refractivity (Wildman–Crippen MR) is 88.8 cm³/mol. The zero-order valence-electron chi connectivity index (χ0n) is 13.6. The summed E-state index contributed by atoms with van der Waals surface area (Å²) < 4.78 is 5.29. The van der Waals surface area contributed by atoms with Gasteiger partial charge in [0.25, 0.3) is 0 Å². The average molecular weight is 317 g/mol. The number of amides is 3.